The van der Waals surface area contributed by atoms with Gasteiger partial charge in [0.15, 0.2) is 5.78 Å². The summed E-state index contributed by atoms with van der Waals surface area (Å²) in [5, 5.41) is 0. The highest BCUT2D eigenvalue weighted by atomic mass is 16.5. The van der Waals surface area contributed by atoms with E-state index in [2.05, 4.69) is 0 Å². The molecule has 1 heterocycles. The predicted molar refractivity (Wildman–Crippen MR) is 93.6 cm³/mol. The molecule has 1 aliphatic carbocycles. The average Bonchev–Trinajstić information content (AvgIpc) is 3.10. The average molecular weight is 350 g/mol. The molecule has 0 aliphatic heterocycles. The zero-order valence-electron chi connectivity index (χ0n) is 14.3. The lowest BCUT2D eigenvalue weighted by Gasteiger charge is -2.13. The maximum absolute atomic E-state index is 12.8. The molecule has 26 heavy (non-hydrogen) atoms. The van der Waals surface area contributed by atoms with E-state index < -0.39 is 17.3 Å². The van der Waals surface area contributed by atoms with Crippen molar-refractivity contribution in [2.24, 2.45) is 0 Å². The molecule has 0 saturated heterocycles. The van der Waals surface area contributed by atoms with Crippen molar-refractivity contribution in [3.63, 3.8) is 0 Å². The van der Waals surface area contributed by atoms with Crippen molar-refractivity contribution in [1.82, 2.24) is 0 Å². The molecule has 0 atom stereocenters. The summed E-state index contributed by atoms with van der Waals surface area (Å²) in [5.74, 6) is -1.31. The number of allylic oxidation sites excluding steroid dienone is 1. The molecule has 1 aliphatic rings. The molecule has 0 amide bonds. The van der Waals surface area contributed by atoms with Crippen molar-refractivity contribution in [3.8, 4) is 5.75 Å². The van der Waals surface area contributed by atoms with Crippen molar-refractivity contribution in [3.05, 3.63) is 58.6 Å². The molecule has 0 unspecified atom stereocenters. The molecular weight excluding hydrogens is 335 g/mol. The summed E-state index contributed by atoms with van der Waals surface area (Å²) < 4.78 is 15.6. The van der Waals surface area contributed by atoms with E-state index in [0.29, 0.717) is 24.5 Å². The van der Waals surface area contributed by atoms with Crippen LogP contribution in [0.25, 0.3) is 5.47 Å². The van der Waals surface area contributed by atoms with Gasteiger partial charge in [-0.1, -0.05) is 0 Å². The van der Waals surface area contributed by atoms with Crippen molar-refractivity contribution >= 4 is 30.7 Å². The molecule has 0 fully saturated rings. The van der Waals surface area contributed by atoms with Crippen molar-refractivity contribution in [1.29, 1.82) is 0 Å². The summed E-state index contributed by atoms with van der Waals surface area (Å²) >= 11 is 0. The Bertz CT molecular complexity index is 920. The van der Waals surface area contributed by atoms with E-state index in [1.807, 2.05) is 0 Å². The molecule has 0 bridgehead atoms. The van der Waals surface area contributed by atoms with Gasteiger partial charge in [-0.2, -0.15) is 0 Å². The molecule has 0 saturated carbocycles. The summed E-state index contributed by atoms with van der Waals surface area (Å²) in [7, 11) is 7.42. The van der Waals surface area contributed by atoms with E-state index in [-0.39, 0.29) is 27.9 Å². The predicted octanol–water partition coefficient (Wildman–Crippen LogP) is 2.20. The van der Waals surface area contributed by atoms with Crippen LogP contribution >= 0.6 is 0 Å². The maximum atomic E-state index is 12.8. The number of ketones is 3. The Balaban J connectivity index is 1.90. The van der Waals surface area contributed by atoms with Crippen LogP contribution in [0.5, 0.6) is 5.75 Å². The number of carbonyl (C=O) groups is 3. The number of fused-ring (bicyclic) bond motifs is 1. The number of hydrogen-bond acceptors (Lipinski definition) is 6. The normalized spacial score (nSPS) is 13.8. The lowest BCUT2D eigenvalue weighted by atomic mass is 9.78. The fourth-order valence-corrected chi connectivity index (χ4v) is 2.63. The number of Topliss-reactive ketones (excluding diaryl/α,β-unsaturated/α-hetero) is 2. The van der Waals surface area contributed by atoms with Crippen LogP contribution in [0.3, 0.4) is 0 Å². The van der Waals surface area contributed by atoms with Gasteiger partial charge in [-0.05, 0) is 42.2 Å². The number of furan rings is 1. The first-order valence-corrected chi connectivity index (χ1v) is 7.89. The summed E-state index contributed by atoms with van der Waals surface area (Å²) in [6.07, 6.45) is 1.16. The SMILES string of the molecule is [B]C1=C(C)C(=O)C(=O)c2c(C(=O)c3ccc(OCCOC)cc3)coc21. The largest absolute Gasteiger partial charge is 0.491 e. The summed E-state index contributed by atoms with van der Waals surface area (Å²) in [5.41, 5.74) is 0.460. The van der Waals surface area contributed by atoms with Gasteiger partial charge in [0.05, 0.1) is 17.7 Å². The molecule has 130 valence electrons. The molecule has 2 radical (unpaired) electrons. The Morgan fingerprint density at radius 1 is 1.12 bits per heavy atom. The quantitative estimate of drug-likeness (QED) is 0.344. The highest BCUT2D eigenvalue weighted by molar-refractivity contribution is 6.59. The fourth-order valence-electron chi connectivity index (χ4n) is 2.63. The number of carbonyl (C=O) groups excluding carboxylic acids is 3. The van der Waals surface area contributed by atoms with Crippen LogP contribution in [0.2, 0.25) is 0 Å². The summed E-state index contributed by atoms with van der Waals surface area (Å²) in [6, 6.07) is 6.43. The van der Waals surface area contributed by atoms with E-state index >= 15 is 0 Å². The molecule has 7 heteroatoms. The first-order valence-electron chi connectivity index (χ1n) is 7.89. The van der Waals surface area contributed by atoms with Gasteiger partial charge in [-0.25, -0.2) is 0 Å². The molecule has 3 rings (SSSR count). The lowest BCUT2D eigenvalue weighted by molar-refractivity contribution is -0.111. The zero-order chi connectivity index (χ0) is 18.8. The first-order chi connectivity index (χ1) is 12.5. The number of methoxy groups -OCH3 is 1. The highest BCUT2D eigenvalue weighted by Crippen LogP contribution is 2.32. The van der Waals surface area contributed by atoms with E-state index in [9.17, 15) is 14.4 Å². The van der Waals surface area contributed by atoms with Gasteiger partial charge < -0.3 is 13.9 Å². The van der Waals surface area contributed by atoms with Gasteiger partial charge in [-0.15, -0.1) is 0 Å². The number of ether oxygens (including phenoxy) is 2. The Kier molecular flexibility index (Phi) is 4.91. The minimum Gasteiger partial charge on any atom is -0.491 e. The van der Waals surface area contributed by atoms with E-state index in [4.69, 9.17) is 21.7 Å². The van der Waals surface area contributed by atoms with Crippen LogP contribution in [0.1, 0.15) is 39.0 Å². The van der Waals surface area contributed by atoms with Crippen LogP contribution in [-0.2, 0) is 9.53 Å². The van der Waals surface area contributed by atoms with Gasteiger partial charge in [0.2, 0.25) is 11.6 Å². The minimum absolute atomic E-state index is 0.0156. The third-order valence-corrected chi connectivity index (χ3v) is 4.13. The van der Waals surface area contributed by atoms with Gasteiger partial charge in [0.1, 0.15) is 32.2 Å². The first kappa shape index (κ1) is 17.9. The Hall–Kier alpha value is -2.93. The monoisotopic (exact) mass is 350 g/mol. The molecule has 0 spiro atoms. The second-order valence-electron chi connectivity index (χ2n) is 5.75. The molecule has 2 aromatic rings. The van der Waals surface area contributed by atoms with Crippen LogP contribution in [0.4, 0.5) is 0 Å². The second-order valence-corrected chi connectivity index (χ2v) is 5.75. The zero-order valence-corrected chi connectivity index (χ0v) is 14.3. The minimum atomic E-state index is -0.789. The second kappa shape index (κ2) is 7.13. The Morgan fingerprint density at radius 3 is 2.46 bits per heavy atom. The summed E-state index contributed by atoms with van der Waals surface area (Å²) in [4.78, 5) is 37.1. The van der Waals surface area contributed by atoms with Gasteiger partial charge in [0.25, 0.3) is 0 Å². The molecule has 1 aromatic heterocycles. The van der Waals surface area contributed by atoms with Gasteiger partial charge in [0, 0.05) is 12.7 Å². The van der Waals surface area contributed by atoms with E-state index in [1.165, 1.54) is 6.92 Å². The molecule has 6 nitrogen and oxygen atoms in total. The third-order valence-electron chi connectivity index (χ3n) is 4.13. The summed E-state index contributed by atoms with van der Waals surface area (Å²) in [6.45, 7) is 2.29. The van der Waals surface area contributed by atoms with Crippen molar-refractivity contribution in [2.45, 2.75) is 6.92 Å². The topological polar surface area (TPSA) is 82.8 Å². The van der Waals surface area contributed by atoms with Crippen LogP contribution in [0.15, 0.2) is 40.5 Å². The van der Waals surface area contributed by atoms with Crippen LogP contribution in [0, 0.1) is 0 Å². The van der Waals surface area contributed by atoms with Crippen LogP contribution < -0.4 is 4.74 Å². The number of benzene rings is 1. The van der Waals surface area contributed by atoms with Gasteiger partial charge in [-0.3, -0.25) is 14.4 Å². The van der Waals surface area contributed by atoms with Crippen LogP contribution in [-0.4, -0.2) is 45.5 Å². The third kappa shape index (κ3) is 3.02. The maximum Gasteiger partial charge on any atom is 0.237 e. The van der Waals surface area contributed by atoms with Crippen molar-refractivity contribution in [2.75, 3.05) is 20.3 Å². The van der Waals surface area contributed by atoms with E-state index in [1.54, 1.807) is 31.4 Å². The smallest absolute Gasteiger partial charge is 0.237 e. The number of hydrogen-bond donors (Lipinski definition) is 0. The van der Waals surface area contributed by atoms with E-state index in [0.717, 1.165) is 6.26 Å². The Morgan fingerprint density at radius 2 is 1.81 bits per heavy atom. The standard InChI is InChI=1S/C19H15BO6/c1-10-15(20)19-14(18(23)16(10)21)13(9-26-19)17(22)11-3-5-12(6-4-11)25-8-7-24-2/h3-6,9H,7-8H2,1-2H3. The fraction of sp³-hybridized carbons (Fsp3) is 0.211. The molecule has 1 aromatic carbocycles. The molecular formula is C19H15BO6. The molecule has 0 N–H and O–H groups in total. The van der Waals surface area contributed by atoms with Crippen molar-refractivity contribution < 1.29 is 28.3 Å². The Labute approximate surface area is 151 Å². The highest BCUT2D eigenvalue weighted by Gasteiger charge is 2.35. The van der Waals surface area contributed by atoms with Gasteiger partial charge >= 0.3 is 0 Å². The lowest BCUT2D eigenvalue weighted by Crippen LogP contribution is -2.24. The number of rotatable bonds is 6.